The zero-order valence-electron chi connectivity index (χ0n) is 12.5. The van der Waals surface area contributed by atoms with E-state index < -0.39 is 0 Å². The van der Waals surface area contributed by atoms with E-state index in [1.54, 1.807) is 0 Å². The Morgan fingerprint density at radius 3 is 2.50 bits per heavy atom. The molecule has 2 nitrogen and oxygen atoms in total. The summed E-state index contributed by atoms with van der Waals surface area (Å²) in [6.07, 6.45) is 2.61. The third kappa shape index (κ3) is 2.96. The highest BCUT2D eigenvalue weighted by Gasteiger charge is 2.22. The smallest absolute Gasteiger partial charge is 0.0348 e. The minimum atomic E-state index is 0.546. The molecular formula is C18H24N2. The topological polar surface area (TPSA) is 15.3 Å². The lowest BCUT2D eigenvalue weighted by Gasteiger charge is -2.33. The van der Waals surface area contributed by atoms with Crippen molar-refractivity contribution in [2.45, 2.75) is 25.8 Å². The van der Waals surface area contributed by atoms with Crippen LogP contribution in [0.3, 0.4) is 0 Å². The van der Waals surface area contributed by atoms with E-state index >= 15 is 0 Å². The Morgan fingerprint density at radius 2 is 1.75 bits per heavy atom. The van der Waals surface area contributed by atoms with E-state index in [0.717, 1.165) is 5.92 Å². The summed E-state index contributed by atoms with van der Waals surface area (Å²) < 4.78 is 0. The van der Waals surface area contributed by atoms with Crippen LogP contribution in [-0.2, 0) is 0 Å². The predicted molar refractivity (Wildman–Crippen MR) is 87.3 cm³/mol. The highest BCUT2D eigenvalue weighted by molar-refractivity contribution is 5.85. The second-order valence-electron chi connectivity index (χ2n) is 6.14. The summed E-state index contributed by atoms with van der Waals surface area (Å²) in [6.45, 7) is 4.79. The fraction of sp³-hybridized carbons (Fsp3) is 0.444. The van der Waals surface area contributed by atoms with Crippen molar-refractivity contribution >= 4 is 16.5 Å². The summed E-state index contributed by atoms with van der Waals surface area (Å²) in [5.41, 5.74) is 1.25. The summed E-state index contributed by atoms with van der Waals surface area (Å²) in [7, 11) is 2.22. The molecule has 3 rings (SSSR count). The molecule has 1 aliphatic heterocycles. The molecule has 1 heterocycles. The van der Waals surface area contributed by atoms with Crippen molar-refractivity contribution in [1.82, 2.24) is 4.90 Å². The summed E-state index contributed by atoms with van der Waals surface area (Å²) in [5.74, 6) is 0.790. The Hall–Kier alpha value is -1.54. The monoisotopic (exact) mass is 268 g/mol. The maximum absolute atomic E-state index is 3.70. The lowest BCUT2D eigenvalue weighted by atomic mass is 9.90. The van der Waals surface area contributed by atoms with Crippen LogP contribution in [0.4, 0.5) is 5.69 Å². The molecule has 0 aromatic heterocycles. The van der Waals surface area contributed by atoms with Crippen molar-refractivity contribution < 1.29 is 0 Å². The molecule has 1 unspecified atom stereocenters. The average Bonchev–Trinajstić information content (AvgIpc) is 2.48. The van der Waals surface area contributed by atoms with Gasteiger partial charge in [0.05, 0.1) is 0 Å². The number of fused-ring (bicyclic) bond motifs is 1. The molecule has 0 saturated carbocycles. The van der Waals surface area contributed by atoms with Gasteiger partial charge in [0.25, 0.3) is 0 Å². The molecule has 2 aromatic rings. The normalized spacial score (nSPS) is 19.1. The molecular weight excluding hydrogens is 244 g/mol. The van der Waals surface area contributed by atoms with Crippen molar-refractivity contribution in [2.75, 3.05) is 25.5 Å². The van der Waals surface area contributed by atoms with E-state index in [-0.39, 0.29) is 0 Å². The summed E-state index contributed by atoms with van der Waals surface area (Å²) in [6, 6.07) is 15.8. The van der Waals surface area contributed by atoms with Crippen LogP contribution >= 0.6 is 0 Å². The van der Waals surface area contributed by atoms with Crippen LogP contribution in [-0.4, -0.2) is 31.1 Å². The van der Waals surface area contributed by atoms with Gasteiger partial charge in [-0.15, -0.1) is 0 Å². The number of likely N-dealkylation sites (tertiary alicyclic amines) is 1. The van der Waals surface area contributed by atoms with Crippen molar-refractivity contribution in [3.05, 3.63) is 42.5 Å². The van der Waals surface area contributed by atoms with Crippen LogP contribution in [0.2, 0.25) is 0 Å². The van der Waals surface area contributed by atoms with E-state index in [0.29, 0.717) is 6.04 Å². The Labute approximate surface area is 121 Å². The van der Waals surface area contributed by atoms with E-state index in [9.17, 15) is 0 Å². The van der Waals surface area contributed by atoms with Gasteiger partial charge in [-0.25, -0.2) is 0 Å². The second kappa shape index (κ2) is 5.84. The molecule has 1 aliphatic rings. The molecule has 1 atom stereocenters. The van der Waals surface area contributed by atoms with Crippen LogP contribution < -0.4 is 5.32 Å². The van der Waals surface area contributed by atoms with Gasteiger partial charge in [-0.2, -0.15) is 0 Å². The third-order valence-corrected chi connectivity index (χ3v) is 4.61. The number of piperidine rings is 1. The highest BCUT2D eigenvalue weighted by Crippen LogP contribution is 2.24. The van der Waals surface area contributed by atoms with Gasteiger partial charge < -0.3 is 10.2 Å². The SMILES string of the molecule is CC(Nc1ccc2ccccc2c1)C1CCN(C)CC1. The highest BCUT2D eigenvalue weighted by atomic mass is 15.1. The minimum Gasteiger partial charge on any atom is -0.382 e. The standard InChI is InChI=1S/C18H24N2/c1-14(15-9-11-20(2)12-10-15)19-18-8-7-16-5-3-4-6-17(16)13-18/h3-8,13-15,19H,9-12H2,1-2H3. The molecule has 2 aromatic carbocycles. The summed E-state index contributed by atoms with van der Waals surface area (Å²) >= 11 is 0. The van der Waals surface area contributed by atoms with E-state index in [4.69, 9.17) is 0 Å². The van der Waals surface area contributed by atoms with Gasteiger partial charge in [0, 0.05) is 11.7 Å². The van der Waals surface area contributed by atoms with Crippen LogP contribution in [0, 0.1) is 5.92 Å². The maximum Gasteiger partial charge on any atom is 0.0348 e. The van der Waals surface area contributed by atoms with Gasteiger partial charge in [0.1, 0.15) is 0 Å². The average molecular weight is 268 g/mol. The molecule has 0 spiro atoms. The van der Waals surface area contributed by atoms with Crippen molar-refractivity contribution in [1.29, 1.82) is 0 Å². The molecule has 1 saturated heterocycles. The van der Waals surface area contributed by atoms with Gasteiger partial charge in [-0.05, 0) is 68.7 Å². The number of nitrogens with zero attached hydrogens (tertiary/aromatic N) is 1. The van der Waals surface area contributed by atoms with Gasteiger partial charge in [-0.3, -0.25) is 0 Å². The van der Waals surface area contributed by atoms with Gasteiger partial charge in [0.2, 0.25) is 0 Å². The predicted octanol–water partition coefficient (Wildman–Crippen LogP) is 3.98. The van der Waals surface area contributed by atoms with E-state index in [2.05, 4.69) is 66.7 Å². The van der Waals surface area contributed by atoms with Gasteiger partial charge >= 0.3 is 0 Å². The molecule has 1 N–H and O–H groups in total. The summed E-state index contributed by atoms with van der Waals surface area (Å²) in [4.78, 5) is 2.43. The Morgan fingerprint density at radius 1 is 1.05 bits per heavy atom. The number of hydrogen-bond donors (Lipinski definition) is 1. The van der Waals surface area contributed by atoms with Crippen LogP contribution in [0.15, 0.2) is 42.5 Å². The number of hydrogen-bond acceptors (Lipinski definition) is 2. The number of benzene rings is 2. The number of nitrogens with one attached hydrogen (secondary N) is 1. The Bertz CT molecular complexity index is 570. The van der Waals surface area contributed by atoms with Crippen molar-refractivity contribution in [3.8, 4) is 0 Å². The zero-order valence-corrected chi connectivity index (χ0v) is 12.5. The molecule has 106 valence electrons. The first-order valence-corrected chi connectivity index (χ1v) is 7.66. The molecule has 0 radical (unpaired) electrons. The molecule has 0 aliphatic carbocycles. The fourth-order valence-electron chi connectivity index (χ4n) is 3.19. The van der Waals surface area contributed by atoms with Crippen molar-refractivity contribution in [3.63, 3.8) is 0 Å². The lowest BCUT2D eigenvalue weighted by Crippen LogP contribution is -2.37. The first-order valence-electron chi connectivity index (χ1n) is 7.66. The van der Waals surface area contributed by atoms with Crippen molar-refractivity contribution in [2.24, 2.45) is 5.92 Å². The summed E-state index contributed by atoms with van der Waals surface area (Å²) in [5, 5.41) is 6.32. The molecule has 20 heavy (non-hydrogen) atoms. The van der Waals surface area contributed by atoms with Gasteiger partial charge in [-0.1, -0.05) is 30.3 Å². The number of rotatable bonds is 3. The van der Waals surface area contributed by atoms with Crippen LogP contribution in [0.1, 0.15) is 19.8 Å². The number of anilines is 1. The first kappa shape index (κ1) is 13.4. The second-order valence-corrected chi connectivity index (χ2v) is 6.14. The molecule has 0 amide bonds. The van der Waals surface area contributed by atoms with Gasteiger partial charge in [0.15, 0.2) is 0 Å². The Balaban J connectivity index is 1.69. The zero-order chi connectivity index (χ0) is 13.9. The molecule has 1 fully saturated rings. The van der Waals surface area contributed by atoms with Crippen LogP contribution in [0.5, 0.6) is 0 Å². The molecule has 0 bridgehead atoms. The van der Waals surface area contributed by atoms with Crippen LogP contribution in [0.25, 0.3) is 10.8 Å². The minimum absolute atomic E-state index is 0.546. The van der Waals surface area contributed by atoms with E-state index in [1.165, 1.54) is 42.4 Å². The Kier molecular flexibility index (Phi) is 3.93. The quantitative estimate of drug-likeness (QED) is 0.905. The largest absolute Gasteiger partial charge is 0.382 e. The first-order chi connectivity index (χ1) is 9.72. The third-order valence-electron chi connectivity index (χ3n) is 4.61. The van der Waals surface area contributed by atoms with E-state index in [1.807, 2.05) is 0 Å². The fourth-order valence-corrected chi connectivity index (χ4v) is 3.19. The molecule has 2 heteroatoms. The maximum atomic E-state index is 3.70. The lowest BCUT2D eigenvalue weighted by molar-refractivity contribution is 0.208.